The van der Waals surface area contributed by atoms with Gasteiger partial charge >= 0.3 is 0 Å². The fourth-order valence-electron chi connectivity index (χ4n) is 9.12. The summed E-state index contributed by atoms with van der Waals surface area (Å²) in [5.41, 5.74) is -0.231. The standard InChI is InChI=1S/C27H46O6/c1-15(4-7-22(31)16(13-28)14-29)19-5-6-20-25-21(12-24(33)27(19,20)3)26(2)9-8-18(30)10-17(26)11-23(25)32/h15-17,19-25,28-29,31-33H,4-14H2,1-3H3/t15-,17+,19-,20+,21+,22-,23-,24+,25+,26+,27-/m1/s1. The molecule has 6 heteroatoms. The van der Waals surface area contributed by atoms with Crippen LogP contribution < -0.4 is 0 Å². The van der Waals surface area contributed by atoms with Gasteiger partial charge in [-0.15, -0.1) is 0 Å². The van der Waals surface area contributed by atoms with E-state index in [1.807, 2.05) is 0 Å². The summed E-state index contributed by atoms with van der Waals surface area (Å²) < 4.78 is 0. The van der Waals surface area contributed by atoms with Crippen molar-refractivity contribution in [2.75, 3.05) is 13.2 Å². The highest BCUT2D eigenvalue weighted by molar-refractivity contribution is 5.79. The Morgan fingerprint density at radius 1 is 1.03 bits per heavy atom. The highest BCUT2D eigenvalue weighted by atomic mass is 16.3. The molecule has 0 amide bonds. The molecule has 0 aromatic heterocycles. The third-order valence-electron chi connectivity index (χ3n) is 11.3. The first-order chi connectivity index (χ1) is 15.6. The zero-order valence-corrected chi connectivity index (χ0v) is 20.7. The van der Waals surface area contributed by atoms with Crippen LogP contribution in [0.25, 0.3) is 0 Å². The van der Waals surface area contributed by atoms with E-state index in [1.165, 1.54) is 0 Å². The van der Waals surface area contributed by atoms with Gasteiger partial charge < -0.3 is 25.5 Å². The van der Waals surface area contributed by atoms with Gasteiger partial charge in [0.1, 0.15) is 5.78 Å². The van der Waals surface area contributed by atoms with Crippen molar-refractivity contribution in [3.63, 3.8) is 0 Å². The first-order valence-corrected chi connectivity index (χ1v) is 13.3. The van der Waals surface area contributed by atoms with Crippen LogP contribution >= 0.6 is 0 Å². The van der Waals surface area contributed by atoms with Crippen molar-refractivity contribution >= 4 is 5.78 Å². The topological polar surface area (TPSA) is 118 Å². The molecule has 6 nitrogen and oxygen atoms in total. The maximum Gasteiger partial charge on any atom is 0.133 e. The summed E-state index contributed by atoms with van der Waals surface area (Å²) in [6.45, 7) is 6.32. The average molecular weight is 467 g/mol. The van der Waals surface area contributed by atoms with Crippen LogP contribution in [-0.2, 0) is 4.79 Å². The molecule has 0 unspecified atom stereocenters. The molecule has 0 aromatic rings. The summed E-state index contributed by atoms with van der Waals surface area (Å²) in [6, 6.07) is 0. The fraction of sp³-hybridized carbons (Fsp3) is 0.963. The van der Waals surface area contributed by atoms with Crippen LogP contribution in [0, 0.1) is 52.3 Å². The summed E-state index contributed by atoms with van der Waals surface area (Å²) in [5, 5.41) is 52.0. The number of aliphatic hydroxyl groups is 5. The smallest absolute Gasteiger partial charge is 0.133 e. The second-order valence-corrected chi connectivity index (χ2v) is 12.6. The SMILES string of the molecule is C[C@H](CC[C@@H](O)C(CO)CO)[C@H]1CC[C@H]2[C@@H]3[C@H](O)C[C@@H]4CC(=O)CC[C@]4(C)[C@H]3C[C@H](O)[C@]12C. The predicted octanol–water partition coefficient (Wildman–Crippen LogP) is 2.53. The van der Waals surface area contributed by atoms with Gasteiger partial charge in [0.15, 0.2) is 0 Å². The molecular formula is C27H46O6. The number of fused-ring (bicyclic) bond motifs is 5. The second-order valence-electron chi connectivity index (χ2n) is 12.6. The van der Waals surface area contributed by atoms with Gasteiger partial charge in [-0.2, -0.15) is 0 Å². The Morgan fingerprint density at radius 3 is 2.39 bits per heavy atom. The Balaban J connectivity index is 1.52. The van der Waals surface area contributed by atoms with Crippen molar-refractivity contribution < 1.29 is 30.3 Å². The first-order valence-electron chi connectivity index (χ1n) is 13.3. The molecule has 4 aliphatic rings. The van der Waals surface area contributed by atoms with E-state index in [-0.39, 0.29) is 47.7 Å². The van der Waals surface area contributed by atoms with E-state index in [0.29, 0.717) is 49.7 Å². The lowest BCUT2D eigenvalue weighted by Gasteiger charge is -2.63. The van der Waals surface area contributed by atoms with Crippen molar-refractivity contribution in [3.05, 3.63) is 0 Å². The number of carbonyl (C=O) groups is 1. The normalized spacial score (nSPS) is 47.1. The number of hydrogen-bond donors (Lipinski definition) is 5. The minimum Gasteiger partial charge on any atom is -0.396 e. The summed E-state index contributed by atoms with van der Waals surface area (Å²) in [7, 11) is 0. The third-order valence-corrected chi connectivity index (χ3v) is 11.3. The van der Waals surface area contributed by atoms with E-state index in [9.17, 15) is 30.3 Å². The summed E-state index contributed by atoms with van der Waals surface area (Å²) in [6.07, 6.45) is 5.32. The minimum absolute atomic E-state index is 0.0253. The van der Waals surface area contributed by atoms with Crippen LogP contribution in [-0.4, -0.2) is 62.8 Å². The number of rotatable bonds is 7. The number of aliphatic hydroxyl groups excluding tert-OH is 5. The number of carbonyl (C=O) groups excluding carboxylic acids is 1. The molecule has 0 aromatic carbocycles. The molecule has 0 spiro atoms. The van der Waals surface area contributed by atoms with Gasteiger partial charge in [-0.3, -0.25) is 4.79 Å². The van der Waals surface area contributed by atoms with Crippen molar-refractivity contribution in [2.24, 2.45) is 52.3 Å². The quantitative estimate of drug-likeness (QED) is 0.394. The Hall–Kier alpha value is -0.530. The van der Waals surface area contributed by atoms with Gasteiger partial charge in [0, 0.05) is 18.8 Å². The zero-order valence-electron chi connectivity index (χ0n) is 20.7. The van der Waals surface area contributed by atoms with E-state index in [0.717, 1.165) is 25.7 Å². The molecule has 190 valence electrons. The van der Waals surface area contributed by atoms with Gasteiger partial charge in [-0.05, 0) is 91.3 Å². The van der Waals surface area contributed by atoms with Crippen molar-refractivity contribution in [3.8, 4) is 0 Å². The van der Waals surface area contributed by atoms with E-state index >= 15 is 0 Å². The minimum atomic E-state index is -0.723. The van der Waals surface area contributed by atoms with Crippen LogP contribution in [0.2, 0.25) is 0 Å². The Kier molecular flexibility index (Phi) is 7.35. The monoisotopic (exact) mass is 466 g/mol. The molecule has 0 radical (unpaired) electrons. The van der Waals surface area contributed by atoms with Crippen LogP contribution in [0.4, 0.5) is 0 Å². The Bertz CT molecular complexity index is 709. The fourth-order valence-corrected chi connectivity index (χ4v) is 9.12. The molecule has 11 atom stereocenters. The van der Waals surface area contributed by atoms with Crippen LogP contribution in [0.3, 0.4) is 0 Å². The van der Waals surface area contributed by atoms with Gasteiger partial charge in [-0.25, -0.2) is 0 Å². The van der Waals surface area contributed by atoms with Crippen molar-refractivity contribution in [1.82, 2.24) is 0 Å². The van der Waals surface area contributed by atoms with Gasteiger partial charge in [0.05, 0.1) is 31.5 Å². The first kappa shape index (κ1) is 25.6. The molecular weight excluding hydrogens is 420 g/mol. The molecule has 0 bridgehead atoms. The average Bonchev–Trinajstić information content (AvgIpc) is 3.13. The maximum absolute atomic E-state index is 12.2. The number of Topliss-reactive ketones (excluding diaryl/α,β-unsaturated/α-hetero) is 1. The van der Waals surface area contributed by atoms with E-state index in [4.69, 9.17) is 0 Å². The molecule has 4 aliphatic carbocycles. The molecule has 0 heterocycles. The molecule has 4 rings (SSSR count). The van der Waals surface area contributed by atoms with Crippen LogP contribution in [0.15, 0.2) is 0 Å². The van der Waals surface area contributed by atoms with Gasteiger partial charge in [0.2, 0.25) is 0 Å². The van der Waals surface area contributed by atoms with Crippen molar-refractivity contribution in [2.45, 2.75) is 96.9 Å². The molecule has 33 heavy (non-hydrogen) atoms. The largest absolute Gasteiger partial charge is 0.396 e. The highest BCUT2D eigenvalue weighted by Crippen LogP contribution is 2.68. The third kappa shape index (κ3) is 4.12. The summed E-state index contributed by atoms with van der Waals surface area (Å²) >= 11 is 0. The van der Waals surface area contributed by atoms with Gasteiger partial charge in [0.25, 0.3) is 0 Å². The molecule has 0 saturated heterocycles. The highest BCUT2D eigenvalue weighted by Gasteiger charge is 2.65. The van der Waals surface area contributed by atoms with E-state index < -0.39 is 24.2 Å². The maximum atomic E-state index is 12.2. The molecule has 5 N–H and O–H groups in total. The zero-order chi connectivity index (χ0) is 24.1. The summed E-state index contributed by atoms with van der Waals surface area (Å²) in [4.78, 5) is 12.2. The molecule has 4 saturated carbocycles. The lowest BCUT2D eigenvalue weighted by atomic mass is 9.43. The number of ketones is 1. The lowest BCUT2D eigenvalue weighted by Crippen LogP contribution is -2.62. The predicted molar refractivity (Wildman–Crippen MR) is 125 cm³/mol. The molecule has 0 aliphatic heterocycles. The van der Waals surface area contributed by atoms with Crippen molar-refractivity contribution in [1.29, 1.82) is 0 Å². The lowest BCUT2D eigenvalue weighted by molar-refractivity contribution is -0.201. The van der Waals surface area contributed by atoms with E-state index in [1.54, 1.807) is 0 Å². The Morgan fingerprint density at radius 2 is 1.73 bits per heavy atom. The van der Waals surface area contributed by atoms with Crippen LogP contribution in [0.1, 0.15) is 78.6 Å². The second kappa shape index (κ2) is 9.50. The van der Waals surface area contributed by atoms with Crippen LogP contribution in [0.5, 0.6) is 0 Å². The summed E-state index contributed by atoms with van der Waals surface area (Å²) in [5.74, 6) is 1.39. The van der Waals surface area contributed by atoms with Gasteiger partial charge in [-0.1, -0.05) is 20.8 Å². The number of hydrogen-bond acceptors (Lipinski definition) is 6. The van der Waals surface area contributed by atoms with E-state index in [2.05, 4.69) is 20.8 Å². The molecule has 4 fully saturated rings. The Labute approximate surface area is 198 Å².